The van der Waals surface area contributed by atoms with E-state index in [1.165, 1.54) is 5.56 Å². The molecule has 0 aromatic heterocycles. The van der Waals surface area contributed by atoms with Crippen LogP contribution in [0, 0.1) is 0 Å². The van der Waals surface area contributed by atoms with Gasteiger partial charge in [-0.15, -0.1) is 0 Å². The Morgan fingerprint density at radius 3 is 2.43 bits per heavy atom. The number of hydrogen-bond donors (Lipinski definition) is 1. The number of nitrogens with zero attached hydrogens (tertiary/aromatic N) is 2. The summed E-state index contributed by atoms with van der Waals surface area (Å²) in [4.78, 5) is 16.5. The molecule has 0 spiro atoms. The van der Waals surface area contributed by atoms with Crippen molar-refractivity contribution in [3.05, 3.63) is 34.9 Å². The fourth-order valence-corrected chi connectivity index (χ4v) is 3.24. The molecule has 0 unspecified atom stereocenters. The predicted molar refractivity (Wildman–Crippen MR) is 90.7 cm³/mol. The average molecular weight is 338 g/mol. The second kappa shape index (κ2) is 7.99. The topological polar surface area (TPSA) is 44.8 Å². The highest BCUT2D eigenvalue weighted by atomic mass is 35.5. The lowest BCUT2D eigenvalue weighted by molar-refractivity contribution is 0.0516. The molecule has 2 heterocycles. The molecule has 126 valence electrons. The smallest absolute Gasteiger partial charge is 0.317 e. The molecule has 2 aliphatic heterocycles. The van der Waals surface area contributed by atoms with Gasteiger partial charge in [-0.2, -0.15) is 0 Å². The number of amides is 2. The van der Waals surface area contributed by atoms with Crippen LogP contribution in [0.1, 0.15) is 18.4 Å². The molecule has 2 amide bonds. The van der Waals surface area contributed by atoms with Crippen LogP contribution in [-0.4, -0.2) is 61.3 Å². The van der Waals surface area contributed by atoms with Crippen molar-refractivity contribution in [3.8, 4) is 0 Å². The zero-order chi connectivity index (χ0) is 16.1. The maximum atomic E-state index is 12.2. The third-order valence-electron chi connectivity index (χ3n) is 4.53. The lowest BCUT2D eigenvalue weighted by atomic mass is 10.0. The van der Waals surface area contributed by atoms with Gasteiger partial charge in [-0.05, 0) is 30.5 Å². The Hall–Kier alpha value is -1.30. The van der Waals surface area contributed by atoms with Gasteiger partial charge in [0.1, 0.15) is 0 Å². The van der Waals surface area contributed by atoms with E-state index >= 15 is 0 Å². The van der Waals surface area contributed by atoms with E-state index in [1.54, 1.807) is 0 Å². The number of morpholine rings is 1. The number of likely N-dealkylation sites (tertiary alicyclic amines) is 1. The summed E-state index contributed by atoms with van der Waals surface area (Å²) >= 11 is 5.92. The van der Waals surface area contributed by atoms with Crippen molar-refractivity contribution < 1.29 is 9.53 Å². The maximum absolute atomic E-state index is 12.2. The predicted octanol–water partition coefficient (Wildman–Crippen LogP) is 2.35. The Balaban J connectivity index is 1.41. The summed E-state index contributed by atoms with van der Waals surface area (Å²) in [5.41, 5.74) is 1.28. The molecule has 2 fully saturated rings. The van der Waals surface area contributed by atoms with Gasteiger partial charge in [-0.1, -0.05) is 23.7 Å². The first-order valence-corrected chi connectivity index (χ1v) is 8.68. The van der Waals surface area contributed by atoms with Gasteiger partial charge in [-0.3, -0.25) is 4.90 Å². The van der Waals surface area contributed by atoms with Crippen LogP contribution < -0.4 is 5.32 Å². The quantitative estimate of drug-likeness (QED) is 0.920. The van der Waals surface area contributed by atoms with Crippen molar-refractivity contribution in [2.75, 3.05) is 39.4 Å². The van der Waals surface area contributed by atoms with Crippen LogP contribution >= 0.6 is 11.6 Å². The van der Waals surface area contributed by atoms with E-state index in [1.807, 2.05) is 17.0 Å². The zero-order valence-electron chi connectivity index (χ0n) is 13.3. The monoisotopic (exact) mass is 337 g/mol. The highest BCUT2D eigenvalue weighted by Crippen LogP contribution is 2.16. The minimum atomic E-state index is 0.0597. The first-order chi connectivity index (χ1) is 11.2. The Bertz CT molecular complexity index is 509. The highest BCUT2D eigenvalue weighted by Gasteiger charge is 2.23. The van der Waals surface area contributed by atoms with Gasteiger partial charge < -0.3 is 15.0 Å². The standard InChI is InChI=1S/C17H24ClN3O2/c18-15-3-1-14(2-4-15)13-20-7-5-16(6-8-20)19-17(22)21-9-11-23-12-10-21/h1-4,16H,5-13H2,(H,19,22). The third-order valence-corrected chi connectivity index (χ3v) is 4.78. The average Bonchev–Trinajstić information content (AvgIpc) is 2.59. The molecule has 2 saturated heterocycles. The normalized spacial score (nSPS) is 20.5. The van der Waals surface area contributed by atoms with E-state index < -0.39 is 0 Å². The van der Waals surface area contributed by atoms with E-state index in [2.05, 4.69) is 22.3 Å². The van der Waals surface area contributed by atoms with Gasteiger partial charge in [0.2, 0.25) is 0 Å². The molecule has 1 aromatic carbocycles. The van der Waals surface area contributed by atoms with Crippen LogP contribution in [0.3, 0.4) is 0 Å². The van der Waals surface area contributed by atoms with E-state index in [9.17, 15) is 4.79 Å². The number of urea groups is 1. The molecule has 0 bridgehead atoms. The van der Waals surface area contributed by atoms with E-state index in [0.29, 0.717) is 26.3 Å². The summed E-state index contributed by atoms with van der Waals surface area (Å²) in [6, 6.07) is 8.37. The van der Waals surface area contributed by atoms with Crippen LogP contribution in [0.15, 0.2) is 24.3 Å². The van der Waals surface area contributed by atoms with Crippen molar-refractivity contribution in [1.29, 1.82) is 0 Å². The second-order valence-electron chi connectivity index (χ2n) is 6.23. The summed E-state index contributed by atoms with van der Waals surface area (Å²) in [7, 11) is 0. The summed E-state index contributed by atoms with van der Waals surface area (Å²) in [6.07, 6.45) is 2.01. The molecule has 0 aliphatic carbocycles. The number of carbonyl (C=O) groups excluding carboxylic acids is 1. The Labute approximate surface area is 142 Å². The fourth-order valence-electron chi connectivity index (χ4n) is 3.12. The minimum absolute atomic E-state index is 0.0597. The number of halogens is 1. The van der Waals surface area contributed by atoms with Gasteiger partial charge >= 0.3 is 6.03 Å². The first kappa shape index (κ1) is 16.6. The van der Waals surface area contributed by atoms with Crippen molar-refractivity contribution in [3.63, 3.8) is 0 Å². The molecule has 23 heavy (non-hydrogen) atoms. The molecule has 5 nitrogen and oxygen atoms in total. The number of ether oxygens (including phenoxy) is 1. The lowest BCUT2D eigenvalue weighted by Gasteiger charge is -2.34. The Morgan fingerprint density at radius 1 is 1.13 bits per heavy atom. The minimum Gasteiger partial charge on any atom is -0.378 e. The largest absolute Gasteiger partial charge is 0.378 e. The molecule has 0 radical (unpaired) electrons. The Morgan fingerprint density at radius 2 is 1.78 bits per heavy atom. The summed E-state index contributed by atoms with van der Waals surface area (Å²) in [6.45, 7) is 5.65. The van der Waals surface area contributed by atoms with E-state index in [0.717, 1.165) is 37.5 Å². The Kier molecular flexibility index (Phi) is 5.75. The van der Waals surface area contributed by atoms with Crippen molar-refractivity contribution in [2.45, 2.75) is 25.4 Å². The molecule has 2 aliphatic rings. The summed E-state index contributed by atoms with van der Waals surface area (Å²) < 4.78 is 5.28. The van der Waals surface area contributed by atoms with Crippen LogP contribution in [0.4, 0.5) is 4.79 Å². The third kappa shape index (κ3) is 4.83. The second-order valence-corrected chi connectivity index (χ2v) is 6.66. The zero-order valence-corrected chi connectivity index (χ0v) is 14.1. The SMILES string of the molecule is O=C(NC1CCN(Cc2ccc(Cl)cc2)CC1)N1CCOCC1. The number of nitrogens with one attached hydrogen (secondary N) is 1. The molecule has 1 N–H and O–H groups in total. The molecule has 0 atom stereocenters. The van der Waals surface area contributed by atoms with Gasteiger partial charge in [-0.25, -0.2) is 4.79 Å². The first-order valence-electron chi connectivity index (χ1n) is 8.31. The van der Waals surface area contributed by atoms with Gasteiger partial charge in [0.05, 0.1) is 13.2 Å². The molecule has 0 saturated carbocycles. The number of rotatable bonds is 3. The van der Waals surface area contributed by atoms with Gasteiger partial charge in [0.25, 0.3) is 0 Å². The molecular formula is C17H24ClN3O2. The lowest BCUT2D eigenvalue weighted by Crippen LogP contribution is -2.51. The van der Waals surface area contributed by atoms with Gasteiger partial charge in [0, 0.05) is 43.8 Å². The van der Waals surface area contributed by atoms with Crippen molar-refractivity contribution in [2.24, 2.45) is 0 Å². The van der Waals surface area contributed by atoms with Crippen molar-refractivity contribution >= 4 is 17.6 Å². The number of benzene rings is 1. The fraction of sp³-hybridized carbons (Fsp3) is 0.588. The van der Waals surface area contributed by atoms with Crippen LogP contribution in [0.25, 0.3) is 0 Å². The van der Waals surface area contributed by atoms with E-state index in [-0.39, 0.29) is 12.1 Å². The summed E-state index contributed by atoms with van der Waals surface area (Å²) in [5, 5.41) is 3.94. The highest BCUT2D eigenvalue weighted by molar-refractivity contribution is 6.30. The molecule has 6 heteroatoms. The molecule has 1 aromatic rings. The van der Waals surface area contributed by atoms with Crippen molar-refractivity contribution in [1.82, 2.24) is 15.1 Å². The molecular weight excluding hydrogens is 314 g/mol. The van der Waals surface area contributed by atoms with Crippen LogP contribution in [0.2, 0.25) is 5.02 Å². The van der Waals surface area contributed by atoms with Crippen LogP contribution in [-0.2, 0) is 11.3 Å². The number of piperidine rings is 1. The molecule has 3 rings (SSSR count). The van der Waals surface area contributed by atoms with Gasteiger partial charge in [0.15, 0.2) is 0 Å². The summed E-state index contributed by atoms with van der Waals surface area (Å²) in [5.74, 6) is 0. The number of carbonyl (C=O) groups is 1. The maximum Gasteiger partial charge on any atom is 0.317 e. The van der Waals surface area contributed by atoms with Crippen LogP contribution in [0.5, 0.6) is 0 Å². The van der Waals surface area contributed by atoms with E-state index in [4.69, 9.17) is 16.3 Å². The number of hydrogen-bond acceptors (Lipinski definition) is 3.